The van der Waals surface area contributed by atoms with Gasteiger partial charge in [0.1, 0.15) is 6.54 Å². The fourth-order valence-corrected chi connectivity index (χ4v) is 1.58. The Hall–Kier alpha value is -2.39. The molecule has 0 unspecified atom stereocenters. The van der Waals surface area contributed by atoms with Crippen molar-refractivity contribution in [1.82, 2.24) is 9.88 Å². The first-order valence-corrected chi connectivity index (χ1v) is 6.53. The number of rotatable bonds is 5. The van der Waals surface area contributed by atoms with Gasteiger partial charge in [-0.05, 0) is 13.0 Å². The third-order valence-corrected chi connectivity index (χ3v) is 2.67. The Morgan fingerprint density at radius 1 is 1.43 bits per heavy atom. The summed E-state index contributed by atoms with van der Waals surface area (Å²) in [5, 5.41) is 8.68. The third kappa shape index (κ3) is 5.24. The van der Waals surface area contributed by atoms with Gasteiger partial charge in [-0.15, -0.1) is 0 Å². The van der Waals surface area contributed by atoms with Crippen LogP contribution in [0.4, 0.5) is 0 Å². The molecule has 0 aliphatic heterocycles. The third-order valence-electron chi connectivity index (χ3n) is 2.67. The largest absolute Gasteiger partial charge is 0.468 e. The number of carbonyl (C=O) groups excluding carboxylic acids is 2. The molecule has 6 nitrogen and oxygen atoms in total. The molecule has 0 saturated heterocycles. The number of esters is 1. The number of hydrogen-bond acceptors (Lipinski definition) is 5. The summed E-state index contributed by atoms with van der Waals surface area (Å²) in [6, 6.07) is 1.61. The van der Waals surface area contributed by atoms with Gasteiger partial charge >= 0.3 is 5.97 Å². The summed E-state index contributed by atoms with van der Waals surface area (Å²) in [6.45, 7) is 2.04. The van der Waals surface area contributed by atoms with Gasteiger partial charge in [0.15, 0.2) is 0 Å². The Morgan fingerprint density at radius 2 is 2.19 bits per heavy atom. The van der Waals surface area contributed by atoms with Crippen LogP contribution in [0.25, 0.3) is 0 Å². The van der Waals surface area contributed by atoms with Crippen LogP contribution in [0.3, 0.4) is 0 Å². The van der Waals surface area contributed by atoms with Gasteiger partial charge in [-0.3, -0.25) is 14.6 Å². The van der Waals surface area contributed by atoms with Crippen molar-refractivity contribution < 1.29 is 19.4 Å². The Labute approximate surface area is 123 Å². The highest BCUT2D eigenvalue weighted by Gasteiger charge is 2.18. The first kappa shape index (κ1) is 16.7. The van der Waals surface area contributed by atoms with E-state index in [4.69, 9.17) is 5.11 Å². The molecule has 1 rings (SSSR count). The van der Waals surface area contributed by atoms with Crippen LogP contribution in [0.15, 0.2) is 18.5 Å². The van der Waals surface area contributed by atoms with Crippen LogP contribution in [0.1, 0.15) is 29.3 Å². The molecule has 0 bridgehead atoms. The zero-order chi connectivity index (χ0) is 15.7. The molecule has 0 fully saturated rings. The van der Waals surface area contributed by atoms with Gasteiger partial charge in [0, 0.05) is 30.9 Å². The maximum atomic E-state index is 12.3. The molecule has 0 atom stereocenters. The van der Waals surface area contributed by atoms with Gasteiger partial charge in [0.2, 0.25) is 0 Å². The second kappa shape index (κ2) is 8.72. The fourth-order valence-electron chi connectivity index (χ4n) is 1.58. The van der Waals surface area contributed by atoms with Crippen molar-refractivity contribution in [3.63, 3.8) is 0 Å². The first-order chi connectivity index (χ1) is 10.1. The lowest BCUT2D eigenvalue weighted by Crippen LogP contribution is -2.36. The number of aliphatic hydroxyl groups is 1. The van der Waals surface area contributed by atoms with Crippen molar-refractivity contribution in [1.29, 1.82) is 0 Å². The van der Waals surface area contributed by atoms with Crippen molar-refractivity contribution in [3.8, 4) is 11.8 Å². The Kier molecular flexibility index (Phi) is 6.92. The lowest BCUT2D eigenvalue weighted by molar-refractivity contribution is -0.141. The number of ether oxygens (including phenoxy) is 1. The molecule has 0 aliphatic rings. The highest BCUT2D eigenvalue weighted by Crippen LogP contribution is 2.06. The topological polar surface area (TPSA) is 79.7 Å². The van der Waals surface area contributed by atoms with E-state index < -0.39 is 5.97 Å². The van der Waals surface area contributed by atoms with Gasteiger partial charge in [-0.25, -0.2) is 0 Å². The number of likely N-dealkylation sites (N-methyl/N-ethyl adjacent to an activating group) is 1. The minimum atomic E-state index is -0.475. The number of pyridine rings is 1. The average molecular weight is 290 g/mol. The van der Waals surface area contributed by atoms with Crippen LogP contribution < -0.4 is 0 Å². The molecule has 1 N–H and O–H groups in total. The summed E-state index contributed by atoms with van der Waals surface area (Å²) >= 11 is 0. The molecule has 1 amide bonds. The standard InChI is InChI=1S/C15H18N2O4/c1-3-17(11-14(19)21-2)15(20)13-8-12(9-16-10-13)6-4-5-7-18/h8-10,18H,3,5,7,11H2,1-2H3. The lowest BCUT2D eigenvalue weighted by Gasteiger charge is -2.19. The predicted molar refractivity (Wildman–Crippen MR) is 76.4 cm³/mol. The van der Waals surface area contributed by atoms with Crippen molar-refractivity contribution in [2.24, 2.45) is 0 Å². The molecule has 1 aromatic rings. The lowest BCUT2D eigenvalue weighted by atomic mass is 10.2. The maximum absolute atomic E-state index is 12.3. The van der Waals surface area contributed by atoms with Crippen LogP contribution in [0.2, 0.25) is 0 Å². The number of carbonyl (C=O) groups is 2. The van der Waals surface area contributed by atoms with E-state index in [9.17, 15) is 9.59 Å². The molecular weight excluding hydrogens is 272 g/mol. The predicted octanol–water partition coefficient (Wildman–Crippen LogP) is 0.451. The van der Waals surface area contributed by atoms with E-state index in [1.807, 2.05) is 0 Å². The Morgan fingerprint density at radius 3 is 2.81 bits per heavy atom. The molecule has 1 heterocycles. The van der Waals surface area contributed by atoms with Gasteiger partial charge < -0.3 is 14.7 Å². The molecular formula is C15H18N2O4. The van der Waals surface area contributed by atoms with E-state index in [-0.39, 0.29) is 19.1 Å². The van der Waals surface area contributed by atoms with Crippen molar-refractivity contribution in [3.05, 3.63) is 29.6 Å². The highest BCUT2D eigenvalue weighted by molar-refractivity contribution is 5.96. The van der Waals surface area contributed by atoms with E-state index in [0.717, 1.165) is 0 Å². The van der Waals surface area contributed by atoms with Gasteiger partial charge in [0.25, 0.3) is 5.91 Å². The van der Waals surface area contributed by atoms with Crippen LogP contribution in [-0.2, 0) is 9.53 Å². The smallest absolute Gasteiger partial charge is 0.325 e. The van der Waals surface area contributed by atoms with Crippen LogP contribution in [0.5, 0.6) is 0 Å². The summed E-state index contributed by atoms with van der Waals surface area (Å²) in [6.07, 6.45) is 3.33. The number of methoxy groups -OCH3 is 1. The van der Waals surface area contributed by atoms with Gasteiger partial charge in [0.05, 0.1) is 19.3 Å². The highest BCUT2D eigenvalue weighted by atomic mass is 16.5. The second-order valence-electron chi connectivity index (χ2n) is 4.13. The van der Waals surface area contributed by atoms with Crippen molar-refractivity contribution >= 4 is 11.9 Å². The molecule has 21 heavy (non-hydrogen) atoms. The summed E-state index contributed by atoms with van der Waals surface area (Å²) < 4.78 is 4.56. The summed E-state index contributed by atoms with van der Waals surface area (Å²) in [4.78, 5) is 28.9. The zero-order valence-electron chi connectivity index (χ0n) is 12.1. The van der Waals surface area contributed by atoms with Crippen LogP contribution in [0, 0.1) is 11.8 Å². The van der Waals surface area contributed by atoms with Crippen molar-refractivity contribution in [2.75, 3.05) is 26.8 Å². The molecule has 0 radical (unpaired) electrons. The van der Waals surface area contributed by atoms with Gasteiger partial charge in [-0.2, -0.15) is 0 Å². The monoisotopic (exact) mass is 290 g/mol. The average Bonchev–Trinajstić information content (AvgIpc) is 2.52. The Balaban J connectivity index is 2.88. The van der Waals surface area contributed by atoms with Gasteiger partial charge in [-0.1, -0.05) is 11.8 Å². The molecule has 0 aliphatic carbocycles. The normalized spacial score (nSPS) is 9.48. The molecule has 0 saturated carbocycles. The second-order valence-corrected chi connectivity index (χ2v) is 4.13. The SMILES string of the molecule is CCN(CC(=O)OC)C(=O)c1cncc(C#CCCO)c1. The molecule has 6 heteroatoms. The maximum Gasteiger partial charge on any atom is 0.325 e. The first-order valence-electron chi connectivity index (χ1n) is 6.53. The summed E-state index contributed by atoms with van der Waals surface area (Å²) in [5.41, 5.74) is 0.944. The number of aliphatic hydroxyl groups excluding tert-OH is 1. The fraction of sp³-hybridized carbons (Fsp3) is 0.400. The van der Waals surface area contributed by atoms with E-state index >= 15 is 0 Å². The zero-order valence-corrected chi connectivity index (χ0v) is 12.1. The minimum Gasteiger partial charge on any atom is -0.468 e. The summed E-state index contributed by atoms with van der Waals surface area (Å²) in [7, 11) is 1.28. The Bertz CT molecular complexity index is 560. The summed E-state index contributed by atoms with van der Waals surface area (Å²) in [5.74, 6) is 4.80. The number of hydrogen-bond donors (Lipinski definition) is 1. The van der Waals surface area contributed by atoms with E-state index in [2.05, 4.69) is 21.6 Å². The quantitative estimate of drug-likeness (QED) is 0.629. The van der Waals surface area contributed by atoms with E-state index in [1.54, 1.807) is 13.0 Å². The van der Waals surface area contributed by atoms with Crippen LogP contribution >= 0.6 is 0 Å². The molecule has 1 aromatic heterocycles. The molecule has 0 spiro atoms. The number of aromatic nitrogens is 1. The minimum absolute atomic E-state index is 0.0121. The number of nitrogens with zero attached hydrogens (tertiary/aromatic N) is 2. The van der Waals surface area contributed by atoms with Crippen LogP contribution in [-0.4, -0.2) is 53.7 Å². The van der Waals surface area contributed by atoms with E-state index in [0.29, 0.717) is 24.1 Å². The number of amides is 1. The molecule has 112 valence electrons. The van der Waals surface area contributed by atoms with Crippen molar-refractivity contribution in [2.45, 2.75) is 13.3 Å². The van der Waals surface area contributed by atoms with E-state index in [1.165, 1.54) is 24.4 Å². The molecule has 0 aromatic carbocycles.